The molecule has 2 heterocycles. The molecule has 1 fully saturated rings. The lowest BCUT2D eigenvalue weighted by Crippen LogP contribution is -2.52. The number of rotatable bonds is 2. The van der Waals surface area contributed by atoms with Gasteiger partial charge in [0.15, 0.2) is 0 Å². The van der Waals surface area contributed by atoms with Gasteiger partial charge in [0.05, 0.1) is 18.8 Å². The Hall–Kier alpha value is -1.88. The smallest absolute Gasteiger partial charge is 0.109 e. The van der Waals surface area contributed by atoms with Crippen molar-refractivity contribution in [3.63, 3.8) is 0 Å². The monoisotopic (exact) mass is 297 g/mol. The number of benzene rings is 2. The van der Waals surface area contributed by atoms with E-state index in [1.807, 2.05) is 24.3 Å². The quantitative estimate of drug-likeness (QED) is 0.796. The largest absolute Gasteiger partial charge is 0.394 e. The van der Waals surface area contributed by atoms with Crippen LogP contribution in [-0.2, 0) is 4.74 Å². The summed E-state index contributed by atoms with van der Waals surface area (Å²) in [4.78, 5) is 0. The first-order valence-corrected chi connectivity index (χ1v) is 7.67. The van der Waals surface area contributed by atoms with Crippen LogP contribution in [0.15, 0.2) is 48.5 Å². The van der Waals surface area contributed by atoms with Gasteiger partial charge in [-0.2, -0.15) is 0 Å². The maximum Gasteiger partial charge on any atom is 0.109 e. The predicted molar refractivity (Wildman–Crippen MR) is 84.6 cm³/mol. The Morgan fingerprint density at radius 2 is 1.91 bits per heavy atom. The SMILES string of the molecule is OC[C@H]1O[C@H]2C[C@H](Nc3c(-c4ccccc4)cccc32)[C@@H]1O. The minimum atomic E-state index is -0.696. The minimum absolute atomic E-state index is 0.0783. The van der Waals surface area contributed by atoms with Crippen LogP contribution >= 0.6 is 0 Å². The molecule has 3 N–H and O–H groups in total. The highest BCUT2D eigenvalue weighted by atomic mass is 16.5. The number of hydrogen-bond acceptors (Lipinski definition) is 4. The lowest BCUT2D eigenvalue weighted by atomic mass is 9.85. The van der Waals surface area contributed by atoms with E-state index < -0.39 is 12.2 Å². The van der Waals surface area contributed by atoms with Crippen molar-refractivity contribution in [2.24, 2.45) is 0 Å². The van der Waals surface area contributed by atoms with Gasteiger partial charge < -0.3 is 20.3 Å². The summed E-state index contributed by atoms with van der Waals surface area (Å²) in [6, 6.07) is 16.3. The maximum absolute atomic E-state index is 10.3. The van der Waals surface area contributed by atoms with Gasteiger partial charge in [0, 0.05) is 23.2 Å². The summed E-state index contributed by atoms with van der Waals surface area (Å²) in [5.74, 6) is 0. The van der Waals surface area contributed by atoms with Crippen LogP contribution in [0.25, 0.3) is 11.1 Å². The normalized spacial score (nSPS) is 29.5. The van der Waals surface area contributed by atoms with E-state index in [0.29, 0.717) is 0 Å². The molecule has 1 saturated heterocycles. The molecule has 2 aromatic rings. The third-order valence-corrected chi connectivity index (χ3v) is 4.64. The summed E-state index contributed by atoms with van der Waals surface area (Å²) in [6.45, 7) is -0.163. The van der Waals surface area contributed by atoms with E-state index >= 15 is 0 Å². The number of para-hydroxylation sites is 1. The number of fused-ring (bicyclic) bond motifs is 4. The van der Waals surface area contributed by atoms with Gasteiger partial charge in [0.25, 0.3) is 0 Å². The molecule has 0 unspecified atom stereocenters. The van der Waals surface area contributed by atoms with Crippen molar-refractivity contribution >= 4 is 5.69 Å². The second-order valence-electron chi connectivity index (χ2n) is 5.96. The average Bonchev–Trinajstić information content (AvgIpc) is 2.58. The predicted octanol–water partition coefficient (Wildman–Crippen LogP) is 2.33. The Morgan fingerprint density at radius 3 is 2.68 bits per heavy atom. The van der Waals surface area contributed by atoms with E-state index in [1.54, 1.807) is 0 Å². The highest BCUT2D eigenvalue weighted by molar-refractivity contribution is 5.81. The third kappa shape index (κ3) is 2.11. The fourth-order valence-corrected chi connectivity index (χ4v) is 3.52. The van der Waals surface area contributed by atoms with E-state index in [-0.39, 0.29) is 18.8 Å². The summed E-state index contributed by atoms with van der Waals surface area (Å²) in [5.41, 5.74) is 4.39. The van der Waals surface area contributed by atoms with Crippen molar-refractivity contribution in [1.82, 2.24) is 0 Å². The first-order valence-electron chi connectivity index (χ1n) is 7.67. The molecule has 0 spiro atoms. The number of aliphatic hydroxyl groups is 2. The molecule has 4 nitrogen and oxygen atoms in total. The standard InChI is InChI=1S/C18H19NO3/c20-10-16-18(21)14-9-15(22-16)13-8-4-7-12(17(13)19-14)11-5-2-1-3-6-11/h1-8,14-16,18-21H,9-10H2/t14-,15-,16+,18-/m0/s1. The molecule has 0 aliphatic carbocycles. The third-order valence-electron chi connectivity index (χ3n) is 4.64. The molecule has 2 aromatic carbocycles. The van der Waals surface area contributed by atoms with Crippen LogP contribution in [0.1, 0.15) is 18.1 Å². The Morgan fingerprint density at radius 1 is 1.09 bits per heavy atom. The van der Waals surface area contributed by atoms with Crippen molar-refractivity contribution in [2.45, 2.75) is 30.8 Å². The Kier molecular flexibility index (Phi) is 3.37. The van der Waals surface area contributed by atoms with Gasteiger partial charge in [-0.3, -0.25) is 0 Å². The van der Waals surface area contributed by atoms with Crippen LogP contribution in [0.2, 0.25) is 0 Å². The Balaban J connectivity index is 1.80. The van der Waals surface area contributed by atoms with Gasteiger partial charge in [0.2, 0.25) is 0 Å². The van der Waals surface area contributed by atoms with Gasteiger partial charge in [-0.25, -0.2) is 0 Å². The van der Waals surface area contributed by atoms with Gasteiger partial charge >= 0.3 is 0 Å². The molecule has 4 rings (SSSR count). The zero-order chi connectivity index (χ0) is 15.1. The molecule has 2 bridgehead atoms. The van der Waals surface area contributed by atoms with Crippen LogP contribution < -0.4 is 5.32 Å². The molecule has 0 amide bonds. The summed E-state index contributed by atoms with van der Waals surface area (Å²) in [6.07, 6.45) is -0.573. The summed E-state index contributed by atoms with van der Waals surface area (Å²) >= 11 is 0. The molecular formula is C18H19NO3. The molecule has 2 aliphatic heterocycles. The number of aliphatic hydroxyl groups excluding tert-OH is 2. The zero-order valence-electron chi connectivity index (χ0n) is 12.1. The number of hydrogen-bond donors (Lipinski definition) is 3. The van der Waals surface area contributed by atoms with Crippen LogP contribution in [0.3, 0.4) is 0 Å². The topological polar surface area (TPSA) is 61.7 Å². The highest BCUT2D eigenvalue weighted by Crippen LogP contribution is 2.45. The minimum Gasteiger partial charge on any atom is -0.394 e. The summed E-state index contributed by atoms with van der Waals surface area (Å²) < 4.78 is 5.90. The van der Waals surface area contributed by atoms with E-state index in [2.05, 4.69) is 29.6 Å². The lowest BCUT2D eigenvalue weighted by molar-refractivity contribution is -0.143. The number of ether oxygens (including phenoxy) is 1. The Bertz CT molecular complexity index is 673. The van der Waals surface area contributed by atoms with Crippen LogP contribution in [0, 0.1) is 0 Å². The van der Waals surface area contributed by atoms with Crippen LogP contribution in [0.4, 0.5) is 5.69 Å². The average molecular weight is 297 g/mol. The van der Waals surface area contributed by atoms with Crippen molar-refractivity contribution < 1.29 is 14.9 Å². The molecular weight excluding hydrogens is 278 g/mol. The molecule has 0 saturated carbocycles. The van der Waals surface area contributed by atoms with E-state index in [4.69, 9.17) is 4.74 Å². The van der Waals surface area contributed by atoms with Gasteiger partial charge in [-0.1, -0.05) is 48.5 Å². The van der Waals surface area contributed by atoms with Crippen molar-refractivity contribution in [2.75, 3.05) is 11.9 Å². The van der Waals surface area contributed by atoms with E-state index in [1.165, 1.54) is 0 Å². The fraction of sp³-hybridized carbons (Fsp3) is 0.333. The summed E-state index contributed by atoms with van der Waals surface area (Å²) in [7, 11) is 0. The second-order valence-corrected chi connectivity index (χ2v) is 5.96. The lowest BCUT2D eigenvalue weighted by Gasteiger charge is -2.44. The molecule has 22 heavy (non-hydrogen) atoms. The molecule has 0 radical (unpaired) electrons. The van der Waals surface area contributed by atoms with Crippen molar-refractivity contribution in [1.29, 1.82) is 0 Å². The molecule has 4 heteroatoms. The van der Waals surface area contributed by atoms with Gasteiger partial charge in [-0.05, 0) is 5.56 Å². The number of anilines is 1. The fourth-order valence-electron chi connectivity index (χ4n) is 3.52. The highest BCUT2D eigenvalue weighted by Gasteiger charge is 2.42. The first kappa shape index (κ1) is 13.8. The van der Waals surface area contributed by atoms with E-state index in [9.17, 15) is 10.2 Å². The zero-order valence-corrected chi connectivity index (χ0v) is 12.1. The molecule has 2 aliphatic rings. The van der Waals surface area contributed by atoms with Crippen LogP contribution in [-0.4, -0.2) is 35.1 Å². The molecule has 4 atom stereocenters. The van der Waals surface area contributed by atoms with Gasteiger partial charge in [0.1, 0.15) is 12.2 Å². The van der Waals surface area contributed by atoms with Crippen LogP contribution in [0.5, 0.6) is 0 Å². The second kappa shape index (κ2) is 5.39. The Labute approximate surface area is 129 Å². The molecule has 0 aromatic heterocycles. The number of nitrogens with one attached hydrogen (secondary N) is 1. The van der Waals surface area contributed by atoms with Gasteiger partial charge in [-0.15, -0.1) is 0 Å². The molecule has 114 valence electrons. The van der Waals surface area contributed by atoms with Crippen molar-refractivity contribution in [3.8, 4) is 11.1 Å². The van der Waals surface area contributed by atoms with E-state index in [0.717, 1.165) is 28.8 Å². The maximum atomic E-state index is 10.3. The first-order chi connectivity index (χ1) is 10.8. The summed E-state index contributed by atoms with van der Waals surface area (Å²) in [5, 5.41) is 23.2. The van der Waals surface area contributed by atoms with Crippen molar-refractivity contribution in [3.05, 3.63) is 54.1 Å².